The van der Waals surface area contributed by atoms with Crippen LogP contribution in [0.25, 0.3) is 0 Å². The molecule has 1 saturated heterocycles. The van der Waals surface area contributed by atoms with Crippen molar-refractivity contribution in [2.45, 2.75) is 33.3 Å². The lowest BCUT2D eigenvalue weighted by Crippen LogP contribution is -2.36. The van der Waals surface area contributed by atoms with E-state index in [4.69, 9.17) is 0 Å². The Hall–Kier alpha value is -1.68. The second-order valence-corrected chi connectivity index (χ2v) is 6.06. The molecule has 106 valence electrons. The molecule has 4 nitrogen and oxygen atoms in total. The first-order chi connectivity index (χ1) is 9.40. The molecule has 0 spiro atoms. The summed E-state index contributed by atoms with van der Waals surface area (Å²) in [6.07, 6.45) is -0.103. The average Bonchev–Trinajstić information content (AvgIpc) is 3.08. The van der Waals surface area contributed by atoms with Crippen molar-refractivity contribution in [1.82, 2.24) is 4.90 Å². The molecule has 1 aromatic rings. The molecule has 0 bridgehead atoms. The number of amides is 2. The van der Waals surface area contributed by atoms with Crippen LogP contribution in [0, 0.1) is 32.6 Å². The zero-order valence-corrected chi connectivity index (χ0v) is 12.0. The number of imide groups is 1. The van der Waals surface area contributed by atoms with E-state index in [0.29, 0.717) is 6.42 Å². The minimum Gasteiger partial charge on any atom is -0.387 e. The first kappa shape index (κ1) is 13.3. The summed E-state index contributed by atoms with van der Waals surface area (Å²) in [7, 11) is 0. The number of hydrogen-bond acceptors (Lipinski definition) is 3. The van der Waals surface area contributed by atoms with E-state index >= 15 is 0 Å². The van der Waals surface area contributed by atoms with E-state index < -0.39 is 6.10 Å². The number of nitrogens with zero attached hydrogens (tertiary/aromatic N) is 1. The summed E-state index contributed by atoms with van der Waals surface area (Å²) in [4.78, 5) is 25.1. The fourth-order valence-corrected chi connectivity index (χ4v) is 3.41. The van der Waals surface area contributed by atoms with Crippen molar-refractivity contribution in [2.24, 2.45) is 11.8 Å². The van der Waals surface area contributed by atoms with Crippen molar-refractivity contribution in [3.63, 3.8) is 0 Å². The lowest BCUT2D eigenvalue weighted by Gasteiger charge is -2.23. The van der Waals surface area contributed by atoms with Gasteiger partial charge in [-0.3, -0.25) is 14.5 Å². The molecule has 4 heteroatoms. The molecule has 1 heterocycles. The van der Waals surface area contributed by atoms with Gasteiger partial charge < -0.3 is 5.11 Å². The standard InChI is InChI=1S/C16H19NO3/c1-8-4-9(2)14(10(3)5-8)13(18)7-17-15(19)11-6-12(11)16(17)20/h4-5,11-13,18H,6-7H2,1-3H3. The second-order valence-electron chi connectivity index (χ2n) is 6.06. The van der Waals surface area contributed by atoms with Gasteiger partial charge in [0.2, 0.25) is 11.8 Å². The van der Waals surface area contributed by atoms with Crippen molar-refractivity contribution >= 4 is 11.8 Å². The fourth-order valence-electron chi connectivity index (χ4n) is 3.41. The van der Waals surface area contributed by atoms with E-state index in [2.05, 4.69) is 0 Å². The molecule has 0 aromatic heterocycles. The Morgan fingerprint density at radius 3 is 2.15 bits per heavy atom. The van der Waals surface area contributed by atoms with E-state index in [1.54, 1.807) is 0 Å². The molecule has 2 aliphatic rings. The first-order valence-electron chi connectivity index (χ1n) is 7.01. The number of aryl methyl sites for hydroxylation is 3. The molecule has 0 radical (unpaired) electrons. The van der Waals surface area contributed by atoms with Crippen LogP contribution in [-0.2, 0) is 9.59 Å². The van der Waals surface area contributed by atoms with Gasteiger partial charge in [0, 0.05) is 0 Å². The van der Waals surface area contributed by atoms with Gasteiger partial charge in [-0.2, -0.15) is 0 Å². The Morgan fingerprint density at radius 1 is 1.15 bits per heavy atom. The van der Waals surface area contributed by atoms with Gasteiger partial charge in [0.25, 0.3) is 0 Å². The van der Waals surface area contributed by atoms with E-state index in [0.717, 1.165) is 22.3 Å². The molecule has 1 aliphatic carbocycles. The Kier molecular flexibility index (Phi) is 2.94. The number of hydrogen-bond donors (Lipinski definition) is 1. The van der Waals surface area contributed by atoms with Gasteiger partial charge in [-0.1, -0.05) is 17.7 Å². The molecule has 2 fully saturated rings. The Labute approximate surface area is 118 Å². The SMILES string of the molecule is Cc1cc(C)c(C(O)CN2C(=O)C3CC3C2=O)c(C)c1. The molecule has 1 N–H and O–H groups in total. The molecule has 1 saturated carbocycles. The highest BCUT2D eigenvalue weighted by molar-refractivity contribution is 6.08. The summed E-state index contributed by atoms with van der Waals surface area (Å²) in [5.74, 6) is -0.423. The molecule has 2 amide bonds. The zero-order chi connectivity index (χ0) is 14.6. The van der Waals surface area contributed by atoms with Gasteiger partial charge in [0.05, 0.1) is 24.5 Å². The van der Waals surface area contributed by atoms with Crippen molar-refractivity contribution < 1.29 is 14.7 Å². The topological polar surface area (TPSA) is 57.6 Å². The Morgan fingerprint density at radius 2 is 1.65 bits per heavy atom. The second kappa shape index (κ2) is 4.42. The Balaban J connectivity index is 1.82. The lowest BCUT2D eigenvalue weighted by atomic mass is 9.95. The van der Waals surface area contributed by atoms with E-state index in [-0.39, 0.29) is 30.2 Å². The number of carbonyl (C=O) groups is 2. The first-order valence-corrected chi connectivity index (χ1v) is 7.01. The van der Waals surface area contributed by atoms with Crippen LogP contribution in [0.4, 0.5) is 0 Å². The third-order valence-electron chi connectivity index (χ3n) is 4.38. The number of rotatable bonds is 3. The van der Waals surface area contributed by atoms with Gasteiger partial charge in [-0.05, 0) is 43.9 Å². The summed E-state index contributed by atoms with van der Waals surface area (Å²) < 4.78 is 0. The van der Waals surface area contributed by atoms with Gasteiger partial charge in [-0.25, -0.2) is 0 Å². The van der Waals surface area contributed by atoms with E-state index in [1.165, 1.54) is 4.90 Å². The van der Waals surface area contributed by atoms with Gasteiger partial charge in [0.1, 0.15) is 0 Å². The van der Waals surface area contributed by atoms with Crippen molar-refractivity contribution in [1.29, 1.82) is 0 Å². The van der Waals surface area contributed by atoms with Crippen LogP contribution < -0.4 is 0 Å². The normalized spacial score (nSPS) is 25.9. The van der Waals surface area contributed by atoms with Crippen molar-refractivity contribution in [2.75, 3.05) is 6.54 Å². The maximum Gasteiger partial charge on any atom is 0.233 e. The van der Waals surface area contributed by atoms with Crippen LogP contribution in [-0.4, -0.2) is 28.4 Å². The molecule has 20 heavy (non-hydrogen) atoms. The van der Waals surface area contributed by atoms with Gasteiger partial charge in [-0.15, -0.1) is 0 Å². The molecular formula is C16H19NO3. The minimum absolute atomic E-state index is 0.0788. The van der Waals surface area contributed by atoms with Crippen LogP contribution in [0.2, 0.25) is 0 Å². The van der Waals surface area contributed by atoms with Crippen molar-refractivity contribution in [3.05, 3.63) is 34.4 Å². The minimum atomic E-state index is -0.805. The van der Waals surface area contributed by atoms with Crippen molar-refractivity contribution in [3.8, 4) is 0 Å². The van der Waals surface area contributed by atoms with Gasteiger partial charge >= 0.3 is 0 Å². The molecular weight excluding hydrogens is 254 g/mol. The van der Waals surface area contributed by atoms with Crippen LogP contribution in [0.5, 0.6) is 0 Å². The third kappa shape index (κ3) is 1.95. The number of aliphatic hydroxyl groups is 1. The highest BCUT2D eigenvalue weighted by atomic mass is 16.3. The predicted molar refractivity (Wildman–Crippen MR) is 73.9 cm³/mol. The van der Waals surface area contributed by atoms with E-state index in [1.807, 2.05) is 32.9 Å². The van der Waals surface area contributed by atoms with Crippen LogP contribution in [0.1, 0.15) is 34.8 Å². The van der Waals surface area contributed by atoms with Gasteiger partial charge in [0.15, 0.2) is 0 Å². The third-order valence-corrected chi connectivity index (χ3v) is 4.38. The molecule has 3 atom stereocenters. The summed E-state index contributed by atoms with van der Waals surface area (Å²) in [6, 6.07) is 4.02. The predicted octanol–water partition coefficient (Wildman–Crippen LogP) is 1.65. The monoisotopic (exact) mass is 273 g/mol. The molecule has 1 aliphatic heterocycles. The highest BCUT2D eigenvalue weighted by Crippen LogP contribution is 2.47. The number of fused-ring (bicyclic) bond motifs is 1. The largest absolute Gasteiger partial charge is 0.387 e. The lowest BCUT2D eigenvalue weighted by molar-refractivity contribution is -0.143. The zero-order valence-electron chi connectivity index (χ0n) is 12.0. The van der Waals surface area contributed by atoms with E-state index in [9.17, 15) is 14.7 Å². The number of β-amino-alcohol motifs (C(OH)–C–C–N with tert-alkyl or cyclic N) is 1. The number of likely N-dealkylation sites (tertiary alicyclic amines) is 1. The highest BCUT2D eigenvalue weighted by Gasteiger charge is 2.58. The molecule has 1 aromatic carbocycles. The summed E-state index contributed by atoms with van der Waals surface area (Å²) in [5, 5.41) is 10.4. The summed E-state index contributed by atoms with van der Waals surface area (Å²) >= 11 is 0. The maximum absolute atomic E-state index is 11.9. The number of carbonyl (C=O) groups excluding carboxylic acids is 2. The quantitative estimate of drug-likeness (QED) is 0.852. The number of aliphatic hydroxyl groups excluding tert-OH is 1. The molecule has 3 unspecified atom stereocenters. The number of benzene rings is 1. The summed E-state index contributed by atoms with van der Waals surface area (Å²) in [6.45, 7) is 5.99. The van der Waals surface area contributed by atoms with Crippen LogP contribution in [0.3, 0.4) is 0 Å². The molecule has 3 rings (SSSR count). The summed E-state index contributed by atoms with van der Waals surface area (Å²) in [5.41, 5.74) is 3.97. The Bertz CT molecular complexity index is 565. The number of piperidine rings is 1. The average molecular weight is 273 g/mol. The smallest absolute Gasteiger partial charge is 0.233 e. The van der Waals surface area contributed by atoms with Crippen LogP contribution >= 0.6 is 0 Å². The maximum atomic E-state index is 11.9. The fraction of sp³-hybridized carbons (Fsp3) is 0.500. The van der Waals surface area contributed by atoms with Crippen LogP contribution in [0.15, 0.2) is 12.1 Å².